The summed E-state index contributed by atoms with van der Waals surface area (Å²) in [6.45, 7) is 4.70. The number of hydrogen-bond donors (Lipinski definition) is 0. The average molecular weight is 588 g/mol. The molecule has 1 aliphatic carbocycles. The Morgan fingerprint density at radius 3 is 2.24 bits per heavy atom. The van der Waals surface area contributed by atoms with Crippen LogP contribution in [0.4, 0.5) is 0 Å². The number of amides is 1. The lowest BCUT2D eigenvalue weighted by Gasteiger charge is -2.48. The summed E-state index contributed by atoms with van der Waals surface area (Å²) >= 11 is 0. The van der Waals surface area contributed by atoms with Gasteiger partial charge in [0.25, 0.3) is 16.0 Å². The fraction of sp³-hybridized carbons (Fsp3) is 0.533. The van der Waals surface area contributed by atoms with E-state index in [9.17, 15) is 18.0 Å². The van der Waals surface area contributed by atoms with E-state index in [0.717, 1.165) is 11.1 Å². The maximum atomic E-state index is 14.1. The van der Waals surface area contributed by atoms with Crippen molar-refractivity contribution in [2.75, 3.05) is 26.9 Å². The van der Waals surface area contributed by atoms with E-state index in [4.69, 9.17) is 23.1 Å². The number of rotatable bonds is 9. The van der Waals surface area contributed by atoms with Gasteiger partial charge in [-0.1, -0.05) is 29.8 Å². The third-order valence-electron chi connectivity index (χ3n) is 8.36. The molecule has 11 heteroatoms. The third kappa shape index (κ3) is 5.99. The predicted molar refractivity (Wildman–Crippen MR) is 148 cm³/mol. The highest BCUT2D eigenvalue weighted by atomic mass is 32.2. The van der Waals surface area contributed by atoms with Crippen LogP contribution in [-0.4, -0.2) is 75.6 Å². The molecule has 3 fully saturated rings. The maximum Gasteiger partial charge on any atom is 0.329 e. The molecule has 2 saturated heterocycles. The van der Waals surface area contributed by atoms with E-state index in [1.807, 2.05) is 19.1 Å². The maximum absolute atomic E-state index is 14.1. The highest BCUT2D eigenvalue weighted by Crippen LogP contribution is 2.50. The van der Waals surface area contributed by atoms with Gasteiger partial charge < -0.3 is 23.8 Å². The van der Waals surface area contributed by atoms with Crippen molar-refractivity contribution >= 4 is 22.0 Å². The Hall–Kier alpha value is -2.99. The van der Waals surface area contributed by atoms with Gasteiger partial charge in [-0.05, 0) is 56.5 Å². The van der Waals surface area contributed by atoms with Crippen molar-refractivity contribution in [3.63, 3.8) is 0 Å². The molecule has 2 heterocycles. The van der Waals surface area contributed by atoms with E-state index in [2.05, 4.69) is 0 Å². The van der Waals surface area contributed by atoms with Crippen LogP contribution in [0.1, 0.15) is 50.2 Å². The molecule has 2 atom stereocenters. The quantitative estimate of drug-likeness (QED) is 0.321. The minimum absolute atomic E-state index is 0.0288. The normalized spacial score (nSPS) is 22.3. The molecule has 0 bridgehead atoms. The van der Waals surface area contributed by atoms with Crippen LogP contribution < -0.4 is 4.74 Å². The van der Waals surface area contributed by atoms with Gasteiger partial charge in [0, 0.05) is 31.2 Å². The van der Waals surface area contributed by atoms with Crippen molar-refractivity contribution < 1.29 is 41.1 Å². The monoisotopic (exact) mass is 587 g/mol. The lowest BCUT2D eigenvalue weighted by molar-refractivity contribution is -0.196. The summed E-state index contributed by atoms with van der Waals surface area (Å²) in [5.74, 6) is -1.15. The van der Waals surface area contributed by atoms with E-state index >= 15 is 0 Å². The molecule has 222 valence electrons. The minimum Gasteiger partial charge on any atom is -0.497 e. The second-order valence-corrected chi connectivity index (χ2v) is 12.5. The first-order chi connectivity index (χ1) is 19.6. The van der Waals surface area contributed by atoms with Gasteiger partial charge in [-0.3, -0.25) is 8.98 Å². The van der Waals surface area contributed by atoms with Gasteiger partial charge in [0.05, 0.1) is 31.8 Å². The van der Waals surface area contributed by atoms with Crippen molar-refractivity contribution in [3.8, 4) is 5.75 Å². The molecule has 10 nitrogen and oxygen atoms in total. The molecule has 0 N–H and O–H groups in total. The van der Waals surface area contributed by atoms with Gasteiger partial charge >= 0.3 is 5.97 Å². The number of methoxy groups -OCH3 is 1. The largest absolute Gasteiger partial charge is 0.497 e. The lowest BCUT2D eigenvalue weighted by atomic mass is 9.76. The molecule has 0 radical (unpaired) electrons. The summed E-state index contributed by atoms with van der Waals surface area (Å²) < 4.78 is 54.7. The van der Waals surface area contributed by atoms with Gasteiger partial charge in [0.15, 0.2) is 11.9 Å². The summed E-state index contributed by atoms with van der Waals surface area (Å²) in [5, 5.41) is 0. The molecule has 2 aromatic rings. The number of hydrogen-bond acceptors (Lipinski definition) is 9. The first kappa shape index (κ1) is 29.5. The van der Waals surface area contributed by atoms with Gasteiger partial charge in [-0.2, -0.15) is 8.42 Å². The fourth-order valence-corrected chi connectivity index (χ4v) is 7.26. The summed E-state index contributed by atoms with van der Waals surface area (Å²) in [5.41, 5.74) is 0.863. The van der Waals surface area contributed by atoms with Crippen LogP contribution >= 0.6 is 0 Å². The van der Waals surface area contributed by atoms with E-state index in [1.165, 1.54) is 12.1 Å². The zero-order valence-electron chi connectivity index (χ0n) is 23.7. The summed E-state index contributed by atoms with van der Waals surface area (Å²) in [4.78, 5) is 29.1. The van der Waals surface area contributed by atoms with Crippen molar-refractivity contribution in [2.45, 2.75) is 80.7 Å². The number of esters is 1. The molecule has 2 aliphatic heterocycles. The molecule has 0 aromatic heterocycles. The Morgan fingerprint density at radius 2 is 1.66 bits per heavy atom. The highest BCUT2D eigenvalue weighted by Gasteiger charge is 2.60. The Balaban J connectivity index is 1.49. The zero-order chi connectivity index (χ0) is 29.3. The van der Waals surface area contributed by atoms with E-state index in [-0.39, 0.29) is 24.3 Å². The van der Waals surface area contributed by atoms with Gasteiger partial charge in [-0.25, -0.2) is 4.79 Å². The number of nitrogens with zero attached hydrogens (tertiary/aromatic N) is 1. The topological polar surface area (TPSA) is 118 Å². The Kier molecular flexibility index (Phi) is 8.43. The zero-order valence-corrected chi connectivity index (χ0v) is 24.5. The first-order valence-electron chi connectivity index (χ1n) is 14.0. The SMILES string of the molecule is CCOC(=O)[C@H](Cc1ccc(OC)cc1)N1C(=O)[C@H](OS(=O)(=O)c2ccc(C)cc2)CC12CCC1(CC2)OCCO1. The van der Waals surface area contributed by atoms with Crippen LogP contribution in [0.3, 0.4) is 0 Å². The number of aryl methyl sites for hydroxylation is 1. The van der Waals surface area contributed by atoms with Crippen LogP contribution in [0, 0.1) is 6.92 Å². The minimum atomic E-state index is -4.24. The summed E-state index contributed by atoms with van der Waals surface area (Å²) in [6.07, 6.45) is 0.952. The van der Waals surface area contributed by atoms with Crippen LogP contribution in [-0.2, 0) is 44.5 Å². The molecular weight excluding hydrogens is 550 g/mol. The van der Waals surface area contributed by atoms with Crippen LogP contribution in [0.25, 0.3) is 0 Å². The standard InChI is InChI=1S/C30H37NO9S/c1-4-37-28(33)25(19-22-7-9-23(36-3)10-8-22)31-27(32)26(40-41(34,35)24-11-5-21(2)6-12-24)20-29(31)13-15-30(16-14-29)38-17-18-39-30/h5-12,25-26H,4,13-20H2,1-3H3/t25-,26+/m0/s1. The smallest absolute Gasteiger partial charge is 0.329 e. The highest BCUT2D eigenvalue weighted by molar-refractivity contribution is 7.86. The number of ether oxygens (including phenoxy) is 4. The molecule has 2 spiro atoms. The number of carbonyl (C=O) groups is 2. The number of benzene rings is 2. The van der Waals surface area contributed by atoms with E-state index in [0.29, 0.717) is 44.6 Å². The van der Waals surface area contributed by atoms with Crippen LogP contribution in [0.5, 0.6) is 5.75 Å². The molecule has 1 saturated carbocycles. The van der Waals surface area contributed by atoms with Gasteiger partial charge in [0.2, 0.25) is 0 Å². The molecule has 1 amide bonds. The van der Waals surface area contributed by atoms with Crippen molar-refractivity contribution in [3.05, 3.63) is 59.7 Å². The Bertz CT molecular complexity index is 1340. The van der Waals surface area contributed by atoms with Crippen molar-refractivity contribution in [1.82, 2.24) is 4.90 Å². The van der Waals surface area contributed by atoms with Gasteiger partial charge in [0.1, 0.15) is 11.8 Å². The lowest BCUT2D eigenvalue weighted by Crippen LogP contribution is -2.58. The predicted octanol–water partition coefficient (Wildman–Crippen LogP) is 3.54. The Labute approximate surface area is 241 Å². The fourth-order valence-electron chi connectivity index (χ4n) is 6.22. The van der Waals surface area contributed by atoms with Crippen molar-refractivity contribution in [1.29, 1.82) is 0 Å². The molecule has 0 unspecified atom stereocenters. The summed E-state index contributed by atoms with van der Waals surface area (Å²) in [7, 11) is -2.67. The number of carbonyl (C=O) groups excluding carboxylic acids is 2. The molecule has 5 rings (SSSR count). The summed E-state index contributed by atoms with van der Waals surface area (Å²) in [6, 6.07) is 12.5. The molecular formula is C30H37NO9S. The van der Waals surface area contributed by atoms with Crippen molar-refractivity contribution in [2.24, 2.45) is 0 Å². The third-order valence-corrected chi connectivity index (χ3v) is 9.69. The molecule has 41 heavy (non-hydrogen) atoms. The average Bonchev–Trinajstić information content (AvgIpc) is 3.52. The number of likely N-dealkylation sites (tertiary alicyclic amines) is 1. The van der Waals surface area contributed by atoms with E-state index < -0.39 is 45.5 Å². The van der Waals surface area contributed by atoms with Crippen LogP contribution in [0.15, 0.2) is 53.4 Å². The van der Waals surface area contributed by atoms with Crippen LogP contribution in [0.2, 0.25) is 0 Å². The second-order valence-electron chi connectivity index (χ2n) is 10.9. The molecule has 2 aromatic carbocycles. The Morgan fingerprint density at radius 1 is 1.02 bits per heavy atom. The van der Waals surface area contributed by atoms with E-state index in [1.54, 1.807) is 43.2 Å². The first-order valence-corrected chi connectivity index (χ1v) is 15.4. The second kappa shape index (κ2) is 11.7. The van der Waals surface area contributed by atoms with Gasteiger partial charge in [-0.15, -0.1) is 0 Å². The molecule has 3 aliphatic rings.